The number of hydrogen-bond acceptors (Lipinski definition) is 3. The molecular formula is C40H43IrN3Si-2. The van der Waals surface area contributed by atoms with Crippen molar-refractivity contribution in [1.82, 2.24) is 15.0 Å². The Balaban J connectivity index is 0.000000177. The average Bonchev–Trinajstić information content (AvgIpc) is 3.65. The topological polar surface area (TPSA) is 38.7 Å². The predicted octanol–water partition coefficient (Wildman–Crippen LogP) is 9.30. The summed E-state index contributed by atoms with van der Waals surface area (Å²) in [7, 11) is -1.37. The molecule has 2 bridgehead atoms. The van der Waals surface area contributed by atoms with Crippen molar-refractivity contribution in [2.45, 2.75) is 65.6 Å². The monoisotopic (exact) mass is 786 g/mol. The molecule has 5 heteroatoms. The molecule has 7 rings (SSSR count). The number of rotatable bonds is 6. The van der Waals surface area contributed by atoms with Crippen LogP contribution in [0.3, 0.4) is 0 Å². The van der Waals surface area contributed by atoms with E-state index in [4.69, 9.17) is 4.98 Å². The summed E-state index contributed by atoms with van der Waals surface area (Å²) in [5.41, 5.74) is 9.95. The van der Waals surface area contributed by atoms with Crippen LogP contribution in [0.1, 0.15) is 42.6 Å². The van der Waals surface area contributed by atoms with Gasteiger partial charge in [0.2, 0.25) is 0 Å². The number of aryl methyl sites for hydroxylation is 2. The van der Waals surface area contributed by atoms with Gasteiger partial charge in [0.05, 0.1) is 8.07 Å². The molecule has 2 aliphatic carbocycles. The molecule has 0 saturated heterocycles. The van der Waals surface area contributed by atoms with Gasteiger partial charge < -0.3 is 9.97 Å². The molecule has 2 aromatic carbocycles. The van der Waals surface area contributed by atoms with E-state index in [0.29, 0.717) is 0 Å². The van der Waals surface area contributed by atoms with Crippen LogP contribution in [0.5, 0.6) is 0 Å². The minimum Gasteiger partial charge on any atom is -0.321 e. The largest absolute Gasteiger partial charge is 0.321 e. The summed E-state index contributed by atoms with van der Waals surface area (Å²) in [5, 5.41) is 1.56. The fraction of sp³-hybridized carbons (Fsp3) is 0.325. The van der Waals surface area contributed by atoms with Gasteiger partial charge in [0.15, 0.2) is 0 Å². The summed E-state index contributed by atoms with van der Waals surface area (Å²) < 4.78 is 0. The molecule has 0 amide bonds. The van der Waals surface area contributed by atoms with Crippen molar-refractivity contribution < 1.29 is 20.1 Å². The van der Waals surface area contributed by atoms with Crippen molar-refractivity contribution >= 4 is 13.3 Å². The average molecular weight is 786 g/mol. The predicted molar refractivity (Wildman–Crippen MR) is 185 cm³/mol. The van der Waals surface area contributed by atoms with Crippen LogP contribution in [0.15, 0.2) is 91.3 Å². The Kier molecular flexibility index (Phi) is 10.6. The van der Waals surface area contributed by atoms with Crippen LogP contribution >= 0.6 is 0 Å². The van der Waals surface area contributed by atoms with Gasteiger partial charge in [-0.25, -0.2) is 0 Å². The number of benzene rings is 2. The van der Waals surface area contributed by atoms with Gasteiger partial charge in [-0.15, -0.1) is 42.0 Å². The van der Waals surface area contributed by atoms with Gasteiger partial charge >= 0.3 is 0 Å². The Labute approximate surface area is 284 Å². The summed E-state index contributed by atoms with van der Waals surface area (Å²) in [6, 6.07) is 33.7. The third-order valence-corrected chi connectivity index (χ3v) is 11.4. The fourth-order valence-electron chi connectivity index (χ4n) is 7.24. The second-order valence-electron chi connectivity index (χ2n) is 13.7. The van der Waals surface area contributed by atoms with E-state index in [-0.39, 0.29) is 20.1 Å². The van der Waals surface area contributed by atoms with Gasteiger partial charge in [-0.2, -0.15) is 11.6 Å². The Morgan fingerprint density at radius 2 is 1.58 bits per heavy atom. The Morgan fingerprint density at radius 1 is 0.800 bits per heavy atom. The van der Waals surface area contributed by atoms with E-state index in [2.05, 4.69) is 84.3 Å². The van der Waals surface area contributed by atoms with E-state index >= 15 is 0 Å². The number of nitrogens with zero attached hydrogens (tertiary/aromatic N) is 3. The zero-order valence-corrected chi connectivity index (χ0v) is 30.5. The van der Waals surface area contributed by atoms with E-state index in [1.54, 1.807) is 10.8 Å². The van der Waals surface area contributed by atoms with E-state index in [1.165, 1.54) is 37.7 Å². The molecule has 3 atom stereocenters. The van der Waals surface area contributed by atoms with E-state index in [0.717, 1.165) is 57.2 Å². The van der Waals surface area contributed by atoms with E-state index < -0.39 is 8.07 Å². The Bertz CT molecular complexity index is 1700. The Morgan fingerprint density at radius 3 is 2.24 bits per heavy atom. The summed E-state index contributed by atoms with van der Waals surface area (Å²) in [6.45, 7) is 11.3. The molecular weight excluding hydrogens is 743 g/mol. The maximum atomic E-state index is 4.80. The molecule has 2 saturated carbocycles. The maximum Gasteiger partial charge on any atom is 0.0798 e. The van der Waals surface area contributed by atoms with Gasteiger partial charge in [-0.1, -0.05) is 74.1 Å². The summed E-state index contributed by atoms with van der Waals surface area (Å²) in [5.74, 6) is 2.93. The summed E-state index contributed by atoms with van der Waals surface area (Å²) in [6.07, 6.45) is 11.2. The SMILES string of the molecule is C[Si](C)(C)c1cnc(-c2[c-]cccc2)cc1CC1CC2CCC1C2.Cc1[c-]c(-c2cc(-c3ccccc3)ccn2)cc(C)n1.[Ir]. The zero-order valence-electron chi connectivity index (χ0n) is 27.1. The molecule has 0 aliphatic heterocycles. The first kappa shape index (κ1) is 33.1. The molecule has 3 aromatic heterocycles. The summed E-state index contributed by atoms with van der Waals surface area (Å²) >= 11 is 0. The smallest absolute Gasteiger partial charge is 0.0798 e. The van der Waals surface area contributed by atoms with Crippen molar-refractivity contribution in [3.05, 3.63) is 120 Å². The normalized spacial score (nSPS) is 18.6. The number of hydrogen-bond donors (Lipinski definition) is 0. The minimum absolute atomic E-state index is 0. The van der Waals surface area contributed by atoms with Crippen LogP contribution in [0.4, 0.5) is 0 Å². The first-order valence-corrected chi connectivity index (χ1v) is 19.6. The number of aromatic nitrogens is 3. The number of fused-ring (bicyclic) bond motifs is 2. The van der Waals surface area contributed by atoms with Crippen LogP contribution in [0.2, 0.25) is 19.6 Å². The molecule has 1 radical (unpaired) electrons. The second-order valence-corrected chi connectivity index (χ2v) is 18.7. The van der Waals surface area contributed by atoms with Crippen LogP contribution in [-0.2, 0) is 26.5 Å². The van der Waals surface area contributed by atoms with Gasteiger partial charge in [-0.05, 0) is 102 Å². The molecule has 3 nitrogen and oxygen atoms in total. The maximum absolute atomic E-state index is 4.80. The third kappa shape index (κ3) is 8.13. The molecule has 3 unspecified atom stereocenters. The van der Waals surface area contributed by atoms with E-state index in [9.17, 15) is 0 Å². The molecule has 3 heterocycles. The quantitative estimate of drug-likeness (QED) is 0.127. The van der Waals surface area contributed by atoms with Crippen molar-refractivity contribution in [2.24, 2.45) is 17.8 Å². The van der Waals surface area contributed by atoms with Crippen molar-refractivity contribution in [2.75, 3.05) is 0 Å². The Hall–Kier alpha value is -3.24. The molecule has 0 N–H and O–H groups in total. The summed E-state index contributed by atoms with van der Waals surface area (Å²) in [4.78, 5) is 13.6. The second kappa shape index (κ2) is 14.5. The first-order valence-electron chi connectivity index (χ1n) is 16.1. The zero-order chi connectivity index (χ0) is 30.7. The molecule has 2 aliphatic rings. The van der Waals surface area contributed by atoms with Gasteiger partial charge in [-0.3, -0.25) is 4.98 Å². The number of pyridine rings is 3. The van der Waals surface area contributed by atoms with Gasteiger partial charge in [0.1, 0.15) is 0 Å². The fourth-order valence-corrected chi connectivity index (χ4v) is 8.83. The van der Waals surface area contributed by atoms with Crippen LogP contribution in [0.25, 0.3) is 33.6 Å². The van der Waals surface area contributed by atoms with Crippen LogP contribution in [-0.4, -0.2) is 23.0 Å². The van der Waals surface area contributed by atoms with Crippen molar-refractivity contribution in [3.8, 4) is 33.6 Å². The molecule has 233 valence electrons. The van der Waals surface area contributed by atoms with Gasteiger partial charge in [0, 0.05) is 32.5 Å². The molecule has 0 spiro atoms. The molecule has 5 aromatic rings. The third-order valence-electron chi connectivity index (χ3n) is 9.31. The van der Waals surface area contributed by atoms with Crippen molar-refractivity contribution in [3.63, 3.8) is 0 Å². The van der Waals surface area contributed by atoms with Crippen LogP contribution in [0, 0.1) is 43.7 Å². The standard InChI is InChI=1S/C22H28NSi.C18H15N2.Ir/c1-24(2,3)22-15-23-21(17-7-5-4-6-8-17)14-20(22)13-19-12-16-9-10-18(19)11-16;1-13-10-17(11-14(2)20-13)18-12-16(8-9-19-18)15-6-4-3-5-7-15;/h4-7,14-16,18-19H,9-13H2,1-3H3;3-10,12H,1-2H3;/q2*-1;. The van der Waals surface area contributed by atoms with Crippen molar-refractivity contribution in [1.29, 1.82) is 0 Å². The minimum atomic E-state index is -1.37. The van der Waals surface area contributed by atoms with E-state index in [1.807, 2.05) is 62.5 Å². The molecule has 2 fully saturated rings. The first-order chi connectivity index (χ1) is 21.2. The molecule has 45 heavy (non-hydrogen) atoms. The van der Waals surface area contributed by atoms with Crippen LogP contribution < -0.4 is 5.19 Å². The van der Waals surface area contributed by atoms with Gasteiger partial charge in [0.25, 0.3) is 0 Å².